The predicted octanol–water partition coefficient (Wildman–Crippen LogP) is 4.62. The second-order valence-electron chi connectivity index (χ2n) is 5.25. The third-order valence-electron chi connectivity index (χ3n) is 2.60. The van der Waals surface area contributed by atoms with Gasteiger partial charge in [0.15, 0.2) is 0 Å². The molecule has 0 aliphatic carbocycles. The molecule has 0 aliphatic heterocycles. The monoisotopic (exact) mass is 364 g/mol. The number of rotatable bonds is 1. The molecule has 4 nitrogen and oxygen atoms in total. The maximum absolute atomic E-state index is 12.9. The molecule has 1 N–H and O–H groups in total. The number of amides is 1. The topological polar surface area (TPSA) is 64.3 Å². The maximum atomic E-state index is 12.9. The number of hydrogen-bond acceptors (Lipinski definition) is 2. The van der Waals surface area contributed by atoms with Gasteiger partial charge in [0.25, 0.3) is 0 Å². The Hall–Kier alpha value is -1.75. The summed E-state index contributed by atoms with van der Waals surface area (Å²) in [7, 11) is 0. The fraction of sp³-hybridized carbons (Fsp3) is 0.385. The number of alkyl halides is 3. The first-order valence-corrected chi connectivity index (χ1v) is 6.53. The molecule has 0 spiro atoms. The number of carboxylic acid groups (broad SMARTS) is 1. The first-order chi connectivity index (χ1) is 9.39. The van der Waals surface area contributed by atoms with Crippen LogP contribution in [0.1, 0.15) is 31.9 Å². The zero-order valence-corrected chi connectivity index (χ0v) is 13.0. The molecule has 0 heterocycles. The van der Waals surface area contributed by atoms with Crippen LogP contribution in [-0.2, 0) is 6.18 Å². The predicted molar refractivity (Wildman–Crippen MR) is 74.1 cm³/mol. The van der Waals surface area contributed by atoms with E-state index in [1.165, 1.54) is 6.07 Å². The summed E-state index contributed by atoms with van der Waals surface area (Å²) in [6.07, 6.45) is -6.03. The van der Waals surface area contributed by atoms with Crippen LogP contribution in [0.15, 0.2) is 16.6 Å². The van der Waals surface area contributed by atoms with E-state index in [9.17, 15) is 23.1 Å². The van der Waals surface area contributed by atoms with Gasteiger partial charge in [0.05, 0.1) is 22.9 Å². The number of carbonyl (C=O) groups is 1. The Balaban J connectivity index is 3.60. The van der Waals surface area contributed by atoms with Crippen molar-refractivity contribution in [2.75, 3.05) is 4.90 Å². The highest BCUT2D eigenvalue weighted by molar-refractivity contribution is 9.10. The zero-order chi connectivity index (χ0) is 16.6. The van der Waals surface area contributed by atoms with Gasteiger partial charge in [0.1, 0.15) is 0 Å². The highest BCUT2D eigenvalue weighted by Crippen LogP contribution is 2.40. The lowest BCUT2D eigenvalue weighted by Gasteiger charge is -2.33. The summed E-state index contributed by atoms with van der Waals surface area (Å²) in [4.78, 5) is 12.2. The van der Waals surface area contributed by atoms with Gasteiger partial charge in [-0.15, -0.1) is 0 Å². The summed E-state index contributed by atoms with van der Waals surface area (Å²) < 4.78 is 38.4. The van der Waals surface area contributed by atoms with Crippen molar-refractivity contribution in [2.45, 2.75) is 32.5 Å². The second-order valence-corrected chi connectivity index (χ2v) is 6.10. The van der Waals surface area contributed by atoms with Crippen molar-refractivity contribution in [3.63, 3.8) is 0 Å². The number of anilines is 1. The molecule has 0 saturated heterocycles. The van der Waals surface area contributed by atoms with E-state index in [4.69, 9.17) is 5.26 Å². The molecule has 0 fully saturated rings. The lowest BCUT2D eigenvalue weighted by atomic mass is 10.0. The van der Waals surface area contributed by atoms with Gasteiger partial charge in [-0.25, -0.2) is 4.79 Å². The van der Waals surface area contributed by atoms with Crippen molar-refractivity contribution in [3.05, 3.63) is 27.7 Å². The van der Waals surface area contributed by atoms with Gasteiger partial charge in [-0.3, -0.25) is 4.90 Å². The van der Waals surface area contributed by atoms with Crippen molar-refractivity contribution < 1.29 is 23.1 Å². The average molecular weight is 365 g/mol. The van der Waals surface area contributed by atoms with Gasteiger partial charge in [0.2, 0.25) is 0 Å². The molecule has 0 aromatic heterocycles. The minimum Gasteiger partial charge on any atom is -0.465 e. The van der Waals surface area contributed by atoms with Crippen LogP contribution >= 0.6 is 15.9 Å². The fourth-order valence-corrected chi connectivity index (χ4v) is 2.56. The summed E-state index contributed by atoms with van der Waals surface area (Å²) in [5.41, 5.74) is -2.64. The third kappa shape index (κ3) is 3.67. The summed E-state index contributed by atoms with van der Waals surface area (Å²) in [6, 6.07) is 3.43. The van der Waals surface area contributed by atoms with Crippen LogP contribution in [0.3, 0.4) is 0 Å². The lowest BCUT2D eigenvalue weighted by Crippen LogP contribution is -2.45. The van der Waals surface area contributed by atoms with Gasteiger partial charge in [0, 0.05) is 10.0 Å². The van der Waals surface area contributed by atoms with Gasteiger partial charge in [-0.1, -0.05) is 15.9 Å². The average Bonchev–Trinajstić information content (AvgIpc) is 2.23. The zero-order valence-electron chi connectivity index (χ0n) is 11.4. The van der Waals surface area contributed by atoms with Crippen molar-refractivity contribution in [1.82, 2.24) is 0 Å². The quantitative estimate of drug-likeness (QED) is 0.790. The molecule has 0 radical (unpaired) electrons. The standard InChI is InChI=1S/C13H12BrF3N2O2/c1-12(2,3)19(11(20)21)8-4-7(6-18)10(9(14)5-8)13(15,16)17/h4-5H,1-3H3,(H,20,21). The third-order valence-corrected chi connectivity index (χ3v) is 3.22. The Morgan fingerprint density at radius 2 is 1.86 bits per heavy atom. The van der Waals surface area contributed by atoms with E-state index in [1.54, 1.807) is 20.8 Å². The molecule has 1 aromatic carbocycles. The molecule has 1 rings (SSSR count). The molecular weight excluding hydrogens is 353 g/mol. The summed E-state index contributed by atoms with van der Waals surface area (Å²) in [5.74, 6) is 0. The van der Waals surface area contributed by atoms with Crippen LogP contribution < -0.4 is 4.90 Å². The second kappa shape index (κ2) is 5.56. The van der Waals surface area contributed by atoms with Crippen molar-refractivity contribution in [3.8, 4) is 6.07 Å². The van der Waals surface area contributed by atoms with E-state index >= 15 is 0 Å². The number of benzene rings is 1. The highest BCUT2D eigenvalue weighted by Gasteiger charge is 2.38. The molecule has 1 amide bonds. The molecule has 0 aliphatic rings. The molecule has 0 bridgehead atoms. The van der Waals surface area contributed by atoms with Crippen LogP contribution in [0, 0.1) is 11.3 Å². The number of halogens is 4. The van der Waals surface area contributed by atoms with Crippen LogP contribution in [0.5, 0.6) is 0 Å². The molecular formula is C13H12BrF3N2O2. The van der Waals surface area contributed by atoms with Gasteiger partial charge >= 0.3 is 12.3 Å². The first kappa shape index (κ1) is 17.3. The smallest absolute Gasteiger partial charge is 0.418 e. The molecule has 8 heteroatoms. The summed E-state index contributed by atoms with van der Waals surface area (Å²) in [5, 5.41) is 18.2. The van der Waals surface area contributed by atoms with E-state index < -0.39 is 28.9 Å². The molecule has 0 atom stereocenters. The van der Waals surface area contributed by atoms with E-state index in [-0.39, 0.29) is 10.2 Å². The van der Waals surface area contributed by atoms with Gasteiger partial charge in [-0.2, -0.15) is 18.4 Å². The minimum absolute atomic E-state index is 0.00794. The molecule has 114 valence electrons. The minimum atomic E-state index is -4.71. The number of nitrogens with zero attached hydrogens (tertiary/aromatic N) is 2. The van der Waals surface area contributed by atoms with E-state index in [2.05, 4.69) is 15.9 Å². The Labute approximate surface area is 127 Å². The molecule has 0 unspecified atom stereocenters. The van der Waals surface area contributed by atoms with Crippen molar-refractivity contribution >= 4 is 27.7 Å². The van der Waals surface area contributed by atoms with Gasteiger partial charge in [-0.05, 0) is 32.9 Å². The largest absolute Gasteiger partial charge is 0.465 e. The Bertz CT molecular complexity index is 616. The van der Waals surface area contributed by atoms with E-state index in [1.807, 2.05) is 0 Å². The van der Waals surface area contributed by atoms with E-state index in [0.29, 0.717) is 0 Å². The van der Waals surface area contributed by atoms with E-state index in [0.717, 1.165) is 17.0 Å². The summed E-state index contributed by atoms with van der Waals surface area (Å²) >= 11 is 2.77. The van der Waals surface area contributed by atoms with Crippen molar-refractivity contribution in [1.29, 1.82) is 5.26 Å². The Morgan fingerprint density at radius 1 is 1.33 bits per heavy atom. The Kier molecular flexibility index (Phi) is 4.58. The van der Waals surface area contributed by atoms with Crippen LogP contribution in [0.2, 0.25) is 0 Å². The number of nitriles is 1. The Morgan fingerprint density at radius 3 is 2.19 bits per heavy atom. The lowest BCUT2D eigenvalue weighted by molar-refractivity contribution is -0.138. The normalized spacial score (nSPS) is 11.9. The number of hydrogen-bond donors (Lipinski definition) is 1. The SMILES string of the molecule is CC(C)(C)N(C(=O)O)c1cc(Br)c(C(F)(F)F)c(C#N)c1. The molecule has 0 saturated carbocycles. The molecule has 1 aromatic rings. The van der Waals surface area contributed by atoms with Crippen LogP contribution in [0.4, 0.5) is 23.7 Å². The van der Waals surface area contributed by atoms with Crippen LogP contribution in [0.25, 0.3) is 0 Å². The highest BCUT2D eigenvalue weighted by atomic mass is 79.9. The first-order valence-electron chi connectivity index (χ1n) is 5.73. The molecule has 21 heavy (non-hydrogen) atoms. The van der Waals surface area contributed by atoms with Crippen molar-refractivity contribution in [2.24, 2.45) is 0 Å². The maximum Gasteiger partial charge on any atom is 0.418 e. The van der Waals surface area contributed by atoms with Crippen LogP contribution in [-0.4, -0.2) is 16.7 Å². The van der Waals surface area contributed by atoms with Gasteiger partial charge < -0.3 is 5.11 Å². The fourth-order valence-electron chi connectivity index (χ4n) is 1.88. The summed E-state index contributed by atoms with van der Waals surface area (Å²) in [6.45, 7) is 4.79.